The van der Waals surface area contributed by atoms with Gasteiger partial charge in [-0.1, -0.05) is 6.92 Å². The lowest BCUT2D eigenvalue weighted by molar-refractivity contribution is -0.137. The first-order valence-corrected chi connectivity index (χ1v) is 8.20. The predicted molar refractivity (Wildman–Crippen MR) is 87.9 cm³/mol. The molecular weight excluding hydrogens is 310 g/mol. The van der Waals surface area contributed by atoms with E-state index in [1.807, 2.05) is 13.8 Å². The molecule has 0 radical (unpaired) electrons. The third-order valence-electron chi connectivity index (χ3n) is 4.68. The average Bonchev–Trinajstić information content (AvgIpc) is 3.07. The molecule has 1 fully saturated rings. The summed E-state index contributed by atoms with van der Waals surface area (Å²) >= 11 is 0. The number of piperazine rings is 1. The van der Waals surface area contributed by atoms with Crippen LogP contribution in [0.25, 0.3) is 0 Å². The Morgan fingerprint density at radius 3 is 2.33 bits per heavy atom. The van der Waals surface area contributed by atoms with Crippen LogP contribution in [-0.2, 0) is 4.79 Å². The molecule has 0 spiro atoms. The number of rotatable bonds is 3. The molecule has 1 saturated heterocycles. The Hall–Kier alpha value is -2.28. The molecule has 0 saturated carbocycles. The summed E-state index contributed by atoms with van der Waals surface area (Å²) in [5.74, 6) is 1.05. The normalized spacial score (nSPS) is 19.1. The average molecular weight is 333 g/mol. The molecule has 0 aliphatic carbocycles. The van der Waals surface area contributed by atoms with Crippen LogP contribution in [0.3, 0.4) is 0 Å². The summed E-state index contributed by atoms with van der Waals surface area (Å²) in [6, 6.07) is 5.02. The van der Waals surface area contributed by atoms with Gasteiger partial charge in [-0.15, -0.1) is 0 Å². The van der Waals surface area contributed by atoms with Gasteiger partial charge in [-0.2, -0.15) is 0 Å². The van der Waals surface area contributed by atoms with Crippen molar-refractivity contribution < 1.29 is 19.1 Å². The highest BCUT2D eigenvalue weighted by molar-refractivity contribution is 5.95. The van der Waals surface area contributed by atoms with E-state index in [0.29, 0.717) is 43.2 Å². The molecular formula is C17H23N3O4. The number of carbonyl (C=O) groups is 2. The Kier molecular flexibility index (Phi) is 4.62. The van der Waals surface area contributed by atoms with Crippen LogP contribution in [-0.4, -0.2) is 60.6 Å². The minimum absolute atomic E-state index is 0.0550. The first-order chi connectivity index (χ1) is 11.5. The summed E-state index contributed by atoms with van der Waals surface area (Å²) in [4.78, 5) is 28.5. The molecule has 3 rings (SSSR count). The highest BCUT2D eigenvalue weighted by atomic mass is 16.7. The molecule has 2 amide bonds. The second-order valence-corrected chi connectivity index (χ2v) is 6.33. The summed E-state index contributed by atoms with van der Waals surface area (Å²) < 4.78 is 10.6. The second-order valence-electron chi connectivity index (χ2n) is 6.33. The molecule has 0 bridgehead atoms. The maximum absolute atomic E-state index is 12.6. The van der Waals surface area contributed by atoms with Gasteiger partial charge in [-0.25, -0.2) is 0 Å². The Morgan fingerprint density at radius 2 is 1.67 bits per heavy atom. The van der Waals surface area contributed by atoms with Crippen molar-refractivity contribution in [1.82, 2.24) is 9.80 Å². The summed E-state index contributed by atoms with van der Waals surface area (Å²) in [5, 5.41) is 0. The van der Waals surface area contributed by atoms with E-state index in [0.717, 1.165) is 0 Å². The fourth-order valence-electron chi connectivity index (χ4n) is 2.85. The van der Waals surface area contributed by atoms with Crippen LogP contribution in [0.5, 0.6) is 11.5 Å². The Morgan fingerprint density at radius 1 is 1.04 bits per heavy atom. The van der Waals surface area contributed by atoms with Crippen molar-refractivity contribution in [3.8, 4) is 11.5 Å². The highest BCUT2D eigenvalue weighted by Gasteiger charge is 2.29. The quantitative estimate of drug-likeness (QED) is 0.879. The van der Waals surface area contributed by atoms with Gasteiger partial charge in [0.2, 0.25) is 12.7 Å². The van der Waals surface area contributed by atoms with Gasteiger partial charge in [0.1, 0.15) is 0 Å². The standard InChI is InChI=1S/C17H23N3O4/c1-11(12(2)18)16(21)19-5-7-20(8-6-19)17(22)13-3-4-14-15(9-13)24-10-23-14/h3-4,9,11-12H,5-8,10,18H2,1-2H3. The van der Waals surface area contributed by atoms with Gasteiger partial charge in [0, 0.05) is 37.8 Å². The van der Waals surface area contributed by atoms with Gasteiger partial charge in [0.05, 0.1) is 5.92 Å². The van der Waals surface area contributed by atoms with Crippen molar-refractivity contribution >= 4 is 11.8 Å². The first kappa shape index (κ1) is 16.6. The van der Waals surface area contributed by atoms with E-state index in [9.17, 15) is 9.59 Å². The largest absolute Gasteiger partial charge is 0.454 e. The molecule has 7 nitrogen and oxygen atoms in total. The van der Waals surface area contributed by atoms with Crippen LogP contribution in [0, 0.1) is 5.92 Å². The lowest BCUT2D eigenvalue weighted by Crippen LogP contribution is -2.53. The number of carbonyl (C=O) groups excluding carboxylic acids is 2. The van der Waals surface area contributed by atoms with Gasteiger partial charge >= 0.3 is 0 Å². The maximum atomic E-state index is 12.6. The number of hydrogen-bond acceptors (Lipinski definition) is 5. The summed E-state index contributed by atoms with van der Waals surface area (Å²) in [6.45, 7) is 5.97. The molecule has 2 aliphatic heterocycles. The number of fused-ring (bicyclic) bond motifs is 1. The lowest BCUT2D eigenvalue weighted by atomic mass is 10.0. The van der Waals surface area contributed by atoms with E-state index < -0.39 is 0 Å². The van der Waals surface area contributed by atoms with Gasteiger partial charge in [0.25, 0.3) is 5.91 Å². The maximum Gasteiger partial charge on any atom is 0.254 e. The fraction of sp³-hybridized carbons (Fsp3) is 0.529. The number of benzene rings is 1. The molecule has 2 N–H and O–H groups in total. The lowest BCUT2D eigenvalue weighted by Gasteiger charge is -2.36. The van der Waals surface area contributed by atoms with Crippen molar-refractivity contribution in [2.24, 2.45) is 11.7 Å². The minimum atomic E-state index is -0.207. The van der Waals surface area contributed by atoms with Gasteiger partial charge < -0.3 is 25.0 Å². The Bertz CT molecular complexity index is 639. The van der Waals surface area contributed by atoms with Crippen LogP contribution in [0.4, 0.5) is 0 Å². The van der Waals surface area contributed by atoms with E-state index in [1.54, 1.807) is 28.0 Å². The Balaban J connectivity index is 1.60. The minimum Gasteiger partial charge on any atom is -0.454 e. The van der Waals surface area contributed by atoms with Gasteiger partial charge in [0.15, 0.2) is 11.5 Å². The third kappa shape index (κ3) is 3.17. The number of hydrogen-bond donors (Lipinski definition) is 1. The SMILES string of the molecule is CC(N)C(C)C(=O)N1CCN(C(=O)c2ccc3c(c2)OCO3)CC1. The molecule has 0 aromatic heterocycles. The summed E-state index contributed by atoms with van der Waals surface area (Å²) in [7, 11) is 0. The summed E-state index contributed by atoms with van der Waals surface area (Å²) in [5.41, 5.74) is 6.38. The molecule has 7 heteroatoms. The number of ether oxygens (including phenoxy) is 2. The van der Waals surface area contributed by atoms with E-state index >= 15 is 0 Å². The predicted octanol–water partition coefficient (Wildman–Crippen LogP) is 0.683. The van der Waals surface area contributed by atoms with Crippen LogP contribution >= 0.6 is 0 Å². The monoisotopic (exact) mass is 333 g/mol. The molecule has 2 unspecified atom stereocenters. The van der Waals surface area contributed by atoms with Crippen molar-refractivity contribution in [3.63, 3.8) is 0 Å². The fourth-order valence-corrected chi connectivity index (χ4v) is 2.85. The molecule has 1 aromatic rings. The second kappa shape index (κ2) is 6.68. The molecule has 2 atom stereocenters. The molecule has 24 heavy (non-hydrogen) atoms. The number of nitrogens with two attached hydrogens (primary N) is 1. The van der Waals surface area contributed by atoms with Crippen LogP contribution in [0.2, 0.25) is 0 Å². The molecule has 1 aromatic carbocycles. The van der Waals surface area contributed by atoms with Crippen molar-refractivity contribution in [1.29, 1.82) is 0 Å². The zero-order chi connectivity index (χ0) is 17.3. The van der Waals surface area contributed by atoms with Crippen molar-refractivity contribution in [2.75, 3.05) is 33.0 Å². The molecule has 2 aliphatic rings. The zero-order valence-corrected chi connectivity index (χ0v) is 14.0. The van der Waals surface area contributed by atoms with Crippen LogP contribution < -0.4 is 15.2 Å². The number of nitrogens with zero attached hydrogens (tertiary/aromatic N) is 2. The Labute approximate surface area is 141 Å². The smallest absolute Gasteiger partial charge is 0.254 e. The van der Waals surface area contributed by atoms with Crippen molar-refractivity contribution in [3.05, 3.63) is 23.8 Å². The highest BCUT2D eigenvalue weighted by Crippen LogP contribution is 2.32. The van der Waals surface area contributed by atoms with Gasteiger partial charge in [-0.3, -0.25) is 9.59 Å². The van der Waals surface area contributed by atoms with E-state index in [4.69, 9.17) is 15.2 Å². The van der Waals surface area contributed by atoms with Gasteiger partial charge in [-0.05, 0) is 25.1 Å². The van der Waals surface area contributed by atoms with Crippen molar-refractivity contribution in [2.45, 2.75) is 19.9 Å². The number of amides is 2. The van der Waals surface area contributed by atoms with E-state index in [2.05, 4.69) is 0 Å². The molecule has 130 valence electrons. The first-order valence-electron chi connectivity index (χ1n) is 8.20. The molecule has 2 heterocycles. The van der Waals surface area contributed by atoms with Crippen LogP contribution in [0.1, 0.15) is 24.2 Å². The van der Waals surface area contributed by atoms with E-state index in [1.165, 1.54) is 0 Å². The third-order valence-corrected chi connectivity index (χ3v) is 4.68. The van der Waals surface area contributed by atoms with E-state index in [-0.39, 0.29) is 30.6 Å². The topological polar surface area (TPSA) is 85.1 Å². The summed E-state index contributed by atoms with van der Waals surface area (Å²) in [6.07, 6.45) is 0. The zero-order valence-electron chi connectivity index (χ0n) is 14.0. The van der Waals surface area contributed by atoms with Crippen LogP contribution in [0.15, 0.2) is 18.2 Å².